The van der Waals surface area contributed by atoms with Crippen LogP contribution in [-0.4, -0.2) is 40.1 Å². The number of aromatic nitrogens is 2. The van der Waals surface area contributed by atoms with E-state index in [9.17, 15) is 18.8 Å². The Labute approximate surface area is 220 Å². The minimum atomic E-state index is -0.307. The van der Waals surface area contributed by atoms with Crippen LogP contribution >= 0.6 is 0 Å². The van der Waals surface area contributed by atoms with Gasteiger partial charge in [-0.25, -0.2) is 13.8 Å². The molecule has 0 saturated carbocycles. The summed E-state index contributed by atoms with van der Waals surface area (Å²) in [4.78, 5) is 22.0. The van der Waals surface area contributed by atoms with Crippen LogP contribution in [0.1, 0.15) is 36.7 Å². The van der Waals surface area contributed by atoms with Crippen LogP contribution in [0.25, 0.3) is 11.0 Å². The lowest BCUT2D eigenvalue weighted by Crippen LogP contribution is -2.56. The normalized spacial score (nSPS) is 16.4. The maximum Gasteiger partial charge on any atom is 0.252 e. The Morgan fingerprint density at radius 3 is 2.11 bits per heavy atom. The van der Waals surface area contributed by atoms with Crippen molar-refractivity contribution in [3.63, 3.8) is 0 Å². The minimum absolute atomic E-state index is 0.0575. The van der Waals surface area contributed by atoms with Crippen molar-refractivity contribution in [3.05, 3.63) is 106 Å². The smallest absolute Gasteiger partial charge is 0.252 e. The molecule has 0 radical (unpaired) electrons. The van der Waals surface area contributed by atoms with E-state index in [1.807, 2.05) is 0 Å². The molecule has 0 spiro atoms. The third kappa shape index (κ3) is 4.77. The Balaban J connectivity index is 1.57. The van der Waals surface area contributed by atoms with Crippen LogP contribution in [0.2, 0.25) is 0 Å². The number of hydrogen-bond acceptors (Lipinski definition) is 5. The van der Waals surface area contributed by atoms with E-state index in [-0.39, 0.29) is 35.2 Å². The molecular formula is C30H29F2N5O. The topological polar surface area (TPSA) is 65.2 Å². The highest BCUT2D eigenvalue weighted by atomic mass is 19.1. The van der Waals surface area contributed by atoms with E-state index in [1.54, 1.807) is 54.1 Å². The molecular weight excluding hydrogens is 484 g/mol. The Hall–Kier alpha value is -4.09. The number of anilines is 1. The lowest BCUT2D eigenvalue weighted by Gasteiger charge is -2.48. The van der Waals surface area contributed by atoms with Gasteiger partial charge in [0.1, 0.15) is 28.9 Å². The fourth-order valence-electron chi connectivity index (χ4n) is 5.44. The number of aryl methyl sites for hydroxylation is 1. The van der Waals surface area contributed by atoms with Gasteiger partial charge in [0.2, 0.25) is 0 Å². The second kappa shape index (κ2) is 10.3. The van der Waals surface area contributed by atoms with Crippen LogP contribution in [0, 0.1) is 28.9 Å². The monoisotopic (exact) mass is 513 g/mol. The number of rotatable bonds is 5. The van der Waals surface area contributed by atoms with Gasteiger partial charge in [-0.3, -0.25) is 9.69 Å². The van der Waals surface area contributed by atoms with Crippen LogP contribution in [0.3, 0.4) is 0 Å². The summed E-state index contributed by atoms with van der Waals surface area (Å²) in [6.45, 7) is 6.19. The molecule has 1 aliphatic rings. The van der Waals surface area contributed by atoms with Crippen LogP contribution < -0.4 is 10.5 Å². The van der Waals surface area contributed by atoms with Gasteiger partial charge < -0.3 is 9.47 Å². The van der Waals surface area contributed by atoms with Crippen molar-refractivity contribution in [1.29, 1.82) is 5.26 Å². The predicted octanol–water partition coefficient (Wildman–Crippen LogP) is 5.02. The number of pyridine rings is 2. The van der Waals surface area contributed by atoms with Crippen molar-refractivity contribution in [2.45, 2.75) is 25.9 Å². The van der Waals surface area contributed by atoms with Gasteiger partial charge in [0.25, 0.3) is 5.56 Å². The zero-order chi connectivity index (χ0) is 27.0. The molecule has 0 unspecified atom stereocenters. The number of benzene rings is 2. The van der Waals surface area contributed by atoms with Gasteiger partial charge in [0.05, 0.1) is 17.2 Å². The van der Waals surface area contributed by atoms with Gasteiger partial charge in [0, 0.05) is 38.8 Å². The van der Waals surface area contributed by atoms with Crippen molar-refractivity contribution < 1.29 is 8.78 Å². The summed E-state index contributed by atoms with van der Waals surface area (Å²) in [6, 6.07) is 19.9. The van der Waals surface area contributed by atoms with Gasteiger partial charge in [0.15, 0.2) is 0 Å². The number of hydrogen-bond donors (Lipinski definition) is 0. The van der Waals surface area contributed by atoms with Crippen molar-refractivity contribution in [3.8, 4) is 6.07 Å². The molecule has 3 heterocycles. The van der Waals surface area contributed by atoms with Crippen LogP contribution in [0.15, 0.2) is 71.5 Å². The highest BCUT2D eigenvalue weighted by Crippen LogP contribution is 2.36. The molecule has 5 rings (SSSR count). The molecule has 2 aromatic carbocycles. The minimum Gasteiger partial charge on any atom is -0.367 e. The lowest BCUT2D eigenvalue weighted by molar-refractivity contribution is 0.105. The molecule has 2 aromatic heterocycles. The van der Waals surface area contributed by atoms with Gasteiger partial charge >= 0.3 is 0 Å². The summed E-state index contributed by atoms with van der Waals surface area (Å²) in [5, 5.41) is 9.44. The molecule has 0 amide bonds. The zero-order valence-electron chi connectivity index (χ0n) is 21.6. The summed E-state index contributed by atoms with van der Waals surface area (Å²) in [6.07, 6.45) is 0. The third-order valence-corrected chi connectivity index (χ3v) is 7.46. The first-order valence-corrected chi connectivity index (χ1v) is 12.7. The molecule has 8 heteroatoms. The highest BCUT2D eigenvalue weighted by Gasteiger charge is 2.36. The Bertz CT molecular complexity index is 1510. The number of halogens is 2. The molecule has 38 heavy (non-hydrogen) atoms. The summed E-state index contributed by atoms with van der Waals surface area (Å²) >= 11 is 0. The van der Waals surface area contributed by atoms with Crippen molar-refractivity contribution in [2.24, 2.45) is 13.0 Å². The molecule has 1 aliphatic heterocycles. The SMILES string of the molecule is CC(C)[C@H]1CN(c2cc(=O)n(C)c3ccc(C#N)nc23)CCN1C(c1ccc(F)cc1)c1ccc(F)cc1. The first-order chi connectivity index (χ1) is 18.3. The van der Waals surface area contributed by atoms with Crippen molar-refractivity contribution >= 4 is 16.7 Å². The number of piperazine rings is 1. The van der Waals surface area contributed by atoms with E-state index in [4.69, 9.17) is 0 Å². The van der Waals surface area contributed by atoms with Gasteiger partial charge in [-0.05, 0) is 53.4 Å². The lowest BCUT2D eigenvalue weighted by atomic mass is 9.90. The van der Waals surface area contributed by atoms with Gasteiger partial charge in [-0.2, -0.15) is 5.26 Å². The highest BCUT2D eigenvalue weighted by molar-refractivity contribution is 5.88. The summed E-state index contributed by atoms with van der Waals surface area (Å²) < 4.78 is 29.2. The zero-order valence-corrected chi connectivity index (χ0v) is 21.6. The fraction of sp³-hybridized carbons (Fsp3) is 0.300. The molecule has 1 fully saturated rings. The molecule has 0 N–H and O–H groups in total. The molecule has 4 aromatic rings. The fourth-order valence-corrected chi connectivity index (χ4v) is 5.44. The van der Waals surface area contributed by atoms with Crippen LogP contribution in [0.4, 0.5) is 14.5 Å². The average molecular weight is 514 g/mol. The first-order valence-electron chi connectivity index (χ1n) is 12.7. The summed E-state index contributed by atoms with van der Waals surface area (Å²) in [5.74, 6) is -0.376. The van der Waals surface area contributed by atoms with E-state index in [2.05, 4.69) is 34.7 Å². The van der Waals surface area contributed by atoms with Gasteiger partial charge in [-0.15, -0.1) is 0 Å². The Kier molecular flexibility index (Phi) is 6.96. The quantitative estimate of drug-likeness (QED) is 0.375. The Morgan fingerprint density at radius 1 is 0.947 bits per heavy atom. The van der Waals surface area contributed by atoms with E-state index in [1.165, 1.54) is 24.3 Å². The standard InChI is InChI=1S/C30H29F2N5O/c1-19(2)27-18-36(26-16-28(38)35(3)25-13-12-24(17-33)34-29(25)26)14-15-37(27)30(20-4-8-22(31)9-5-20)21-6-10-23(32)11-7-21/h4-13,16,19,27,30H,14-15,18H2,1-3H3/t27-/m1/s1. The first kappa shape index (κ1) is 25.6. The maximum atomic E-state index is 13.8. The maximum absolute atomic E-state index is 13.8. The van der Waals surface area contributed by atoms with Crippen molar-refractivity contribution in [1.82, 2.24) is 14.5 Å². The third-order valence-electron chi connectivity index (χ3n) is 7.46. The predicted molar refractivity (Wildman–Crippen MR) is 144 cm³/mol. The van der Waals surface area contributed by atoms with E-state index in [0.29, 0.717) is 42.0 Å². The van der Waals surface area contributed by atoms with Gasteiger partial charge in [-0.1, -0.05) is 38.1 Å². The van der Waals surface area contributed by atoms with E-state index < -0.39 is 0 Å². The Morgan fingerprint density at radius 2 is 1.55 bits per heavy atom. The molecule has 0 aliphatic carbocycles. The summed E-state index contributed by atoms with van der Waals surface area (Å²) in [7, 11) is 1.70. The van der Waals surface area contributed by atoms with E-state index in [0.717, 1.165) is 11.1 Å². The molecule has 1 atom stereocenters. The molecule has 194 valence electrons. The summed E-state index contributed by atoms with van der Waals surface area (Å²) in [5.41, 5.74) is 4.02. The second-order valence-corrected chi connectivity index (χ2v) is 10.1. The van der Waals surface area contributed by atoms with Crippen LogP contribution in [0.5, 0.6) is 0 Å². The largest absolute Gasteiger partial charge is 0.367 e. The number of nitrogens with zero attached hydrogens (tertiary/aromatic N) is 5. The van der Waals surface area contributed by atoms with Crippen molar-refractivity contribution in [2.75, 3.05) is 24.5 Å². The molecule has 6 nitrogen and oxygen atoms in total. The van der Waals surface area contributed by atoms with E-state index >= 15 is 0 Å². The average Bonchev–Trinajstić information content (AvgIpc) is 2.92. The van der Waals surface area contributed by atoms with Crippen LogP contribution in [-0.2, 0) is 7.05 Å². The number of fused-ring (bicyclic) bond motifs is 1. The molecule has 0 bridgehead atoms. The number of nitriles is 1. The second-order valence-electron chi connectivity index (χ2n) is 10.1. The molecule has 1 saturated heterocycles.